The van der Waals surface area contributed by atoms with Crippen LogP contribution in [0.3, 0.4) is 0 Å². The number of anilines is 1. The molecular formula is C20H29N3O5S. The number of amides is 2. The molecule has 160 valence electrons. The Morgan fingerprint density at radius 1 is 1.21 bits per heavy atom. The van der Waals surface area contributed by atoms with Crippen molar-refractivity contribution in [2.45, 2.75) is 56.9 Å². The monoisotopic (exact) mass is 423 g/mol. The third-order valence-corrected chi connectivity index (χ3v) is 7.29. The minimum atomic E-state index is -3.67. The van der Waals surface area contributed by atoms with Crippen LogP contribution in [0.5, 0.6) is 5.75 Å². The van der Waals surface area contributed by atoms with Crippen molar-refractivity contribution in [2.75, 3.05) is 31.1 Å². The van der Waals surface area contributed by atoms with Crippen LogP contribution >= 0.6 is 0 Å². The van der Waals surface area contributed by atoms with Crippen molar-refractivity contribution in [1.29, 1.82) is 0 Å². The fourth-order valence-corrected chi connectivity index (χ4v) is 5.05. The molecule has 0 radical (unpaired) electrons. The summed E-state index contributed by atoms with van der Waals surface area (Å²) >= 11 is 0. The number of nitrogens with one attached hydrogen (secondary N) is 1. The molecule has 1 fully saturated rings. The molecule has 3 rings (SSSR count). The van der Waals surface area contributed by atoms with Gasteiger partial charge in [-0.2, -0.15) is 4.31 Å². The topological polar surface area (TPSA) is 96.0 Å². The summed E-state index contributed by atoms with van der Waals surface area (Å²) in [6.07, 6.45) is 4.51. The maximum absolute atomic E-state index is 13.1. The van der Waals surface area contributed by atoms with E-state index in [0.29, 0.717) is 24.5 Å². The third kappa shape index (κ3) is 4.90. The highest BCUT2D eigenvalue weighted by Crippen LogP contribution is 2.35. The van der Waals surface area contributed by atoms with Gasteiger partial charge in [0.2, 0.25) is 15.9 Å². The van der Waals surface area contributed by atoms with Crippen LogP contribution in [-0.4, -0.2) is 56.8 Å². The number of carbonyl (C=O) groups excluding carboxylic acids is 2. The molecule has 2 heterocycles. The molecule has 0 spiro atoms. The van der Waals surface area contributed by atoms with E-state index >= 15 is 0 Å². The Hall–Kier alpha value is -2.13. The first-order valence-corrected chi connectivity index (χ1v) is 11.6. The van der Waals surface area contributed by atoms with E-state index in [1.807, 2.05) is 13.8 Å². The Morgan fingerprint density at radius 3 is 2.55 bits per heavy atom. The molecule has 0 aromatic heterocycles. The Bertz CT molecular complexity index is 863. The summed E-state index contributed by atoms with van der Waals surface area (Å²) in [4.78, 5) is 26.2. The normalized spacial score (nSPS) is 19.1. The molecular weight excluding hydrogens is 394 g/mol. The van der Waals surface area contributed by atoms with Crippen molar-refractivity contribution in [3.63, 3.8) is 0 Å². The molecule has 2 amide bonds. The summed E-state index contributed by atoms with van der Waals surface area (Å²) in [6.45, 7) is 4.49. The van der Waals surface area contributed by atoms with Gasteiger partial charge in [0.05, 0.1) is 10.6 Å². The molecule has 2 aliphatic heterocycles. The number of sulfonamides is 1. The number of ether oxygens (including phenoxy) is 1. The van der Waals surface area contributed by atoms with Crippen LogP contribution in [0.4, 0.5) is 5.69 Å². The smallest absolute Gasteiger partial charge is 0.265 e. The lowest BCUT2D eigenvalue weighted by Crippen LogP contribution is -2.46. The zero-order chi connectivity index (χ0) is 21.0. The Morgan fingerprint density at radius 2 is 1.90 bits per heavy atom. The lowest BCUT2D eigenvalue weighted by molar-refractivity contribution is -0.125. The molecule has 2 aliphatic rings. The second-order valence-electron chi connectivity index (χ2n) is 7.59. The van der Waals surface area contributed by atoms with E-state index in [1.165, 1.54) is 21.3 Å². The molecule has 9 heteroatoms. The van der Waals surface area contributed by atoms with Gasteiger partial charge in [-0.15, -0.1) is 0 Å². The fourth-order valence-electron chi connectivity index (χ4n) is 3.51. The van der Waals surface area contributed by atoms with Gasteiger partial charge in [-0.3, -0.25) is 14.5 Å². The third-order valence-electron chi connectivity index (χ3n) is 5.40. The highest BCUT2D eigenvalue weighted by Gasteiger charge is 2.31. The minimum absolute atomic E-state index is 0.00661. The van der Waals surface area contributed by atoms with Crippen LogP contribution in [0.25, 0.3) is 0 Å². The number of nitrogens with zero attached hydrogens (tertiary/aromatic N) is 2. The number of fused-ring (bicyclic) bond motifs is 1. The largest absolute Gasteiger partial charge is 0.482 e. The number of hydrogen-bond donors (Lipinski definition) is 1. The van der Waals surface area contributed by atoms with Crippen molar-refractivity contribution in [2.24, 2.45) is 0 Å². The second-order valence-corrected chi connectivity index (χ2v) is 9.53. The average molecular weight is 424 g/mol. The van der Waals surface area contributed by atoms with Crippen molar-refractivity contribution < 1.29 is 22.7 Å². The van der Waals surface area contributed by atoms with Gasteiger partial charge in [0.25, 0.3) is 5.91 Å². The molecule has 0 saturated carbocycles. The van der Waals surface area contributed by atoms with E-state index in [0.717, 1.165) is 32.1 Å². The highest BCUT2D eigenvalue weighted by atomic mass is 32.2. The van der Waals surface area contributed by atoms with Gasteiger partial charge in [0.1, 0.15) is 12.3 Å². The van der Waals surface area contributed by atoms with Crippen molar-refractivity contribution >= 4 is 27.5 Å². The number of benzene rings is 1. The summed E-state index contributed by atoms with van der Waals surface area (Å²) in [7, 11) is -3.67. The molecule has 1 unspecified atom stereocenters. The molecule has 1 aromatic rings. The summed E-state index contributed by atoms with van der Waals surface area (Å²) in [5.74, 6) is -0.266. The van der Waals surface area contributed by atoms with Crippen LogP contribution < -0.4 is 15.0 Å². The van der Waals surface area contributed by atoms with Gasteiger partial charge < -0.3 is 10.1 Å². The van der Waals surface area contributed by atoms with E-state index < -0.39 is 10.0 Å². The van der Waals surface area contributed by atoms with Crippen LogP contribution in [0.1, 0.15) is 46.0 Å². The maximum Gasteiger partial charge on any atom is 0.265 e. The molecule has 1 aromatic carbocycles. The van der Waals surface area contributed by atoms with Crippen LogP contribution in [-0.2, 0) is 19.6 Å². The van der Waals surface area contributed by atoms with Crippen molar-refractivity contribution in [3.05, 3.63) is 18.2 Å². The summed E-state index contributed by atoms with van der Waals surface area (Å²) < 4.78 is 33.2. The molecule has 1 atom stereocenters. The maximum atomic E-state index is 13.1. The zero-order valence-electron chi connectivity index (χ0n) is 17.0. The zero-order valence-corrected chi connectivity index (χ0v) is 17.8. The van der Waals surface area contributed by atoms with Gasteiger partial charge in [-0.1, -0.05) is 19.8 Å². The van der Waals surface area contributed by atoms with Gasteiger partial charge in [0, 0.05) is 19.1 Å². The summed E-state index contributed by atoms with van der Waals surface area (Å²) in [5, 5.41) is 2.83. The van der Waals surface area contributed by atoms with E-state index in [-0.39, 0.29) is 35.9 Å². The number of rotatable bonds is 6. The van der Waals surface area contributed by atoms with E-state index in [1.54, 1.807) is 6.07 Å². The van der Waals surface area contributed by atoms with Crippen LogP contribution in [0, 0.1) is 0 Å². The predicted octanol–water partition coefficient (Wildman–Crippen LogP) is 1.89. The predicted molar refractivity (Wildman–Crippen MR) is 109 cm³/mol. The van der Waals surface area contributed by atoms with Gasteiger partial charge in [-0.25, -0.2) is 8.42 Å². The number of carbonyl (C=O) groups is 2. The Kier molecular flexibility index (Phi) is 6.79. The molecule has 1 N–H and O–H groups in total. The average Bonchev–Trinajstić information content (AvgIpc) is 2.99. The summed E-state index contributed by atoms with van der Waals surface area (Å²) in [6, 6.07) is 4.51. The Balaban J connectivity index is 1.88. The fraction of sp³-hybridized carbons (Fsp3) is 0.600. The quantitative estimate of drug-likeness (QED) is 0.754. The lowest BCUT2D eigenvalue weighted by atomic mass is 10.2. The van der Waals surface area contributed by atoms with Crippen molar-refractivity contribution in [1.82, 2.24) is 9.62 Å². The van der Waals surface area contributed by atoms with E-state index in [2.05, 4.69) is 5.32 Å². The second kappa shape index (κ2) is 9.13. The minimum Gasteiger partial charge on any atom is -0.482 e. The molecule has 1 saturated heterocycles. The SMILES string of the molecule is CCC(C)NC(=O)CN1C(=O)COc2ccc(S(=O)(=O)N3CCCCCC3)cc21. The van der Waals surface area contributed by atoms with Gasteiger partial charge >= 0.3 is 0 Å². The number of hydrogen-bond acceptors (Lipinski definition) is 5. The van der Waals surface area contributed by atoms with Crippen LogP contribution in [0.2, 0.25) is 0 Å². The van der Waals surface area contributed by atoms with Crippen molar-refractivity contribution in [3.8, 4) is 5.75 Å². The highest BCUT2D eigenvalue weighted by molar-refractivity contribution is 7.89. The molecule has 8 nitrogen and oxygen atoms in total. The van der Waals surface area contributed by atoms with Gasteiger partial charge in [0.15, 0.2) is 6.61 Å². The first kappa shape index (κ1) is 21.6. The standard InChI is InChI=1S/C20H29N3O5S/c1-3-15(2)21-19(24)13-23-17-12-16(8-9-18(17)28-14-20(23)25)29(26,27)22-10-6-4-5-7-11-22/h8-9,12,15H,3-7,10-11,13-14H2,1-2H3,(H,21,24). The van der Waals surface area contributed by atoms with E-state index in [9.17, 15) is 18.0 Å². The molecule has 0 aliphatic carbocycles. The van der Waals surface area contributed by atoms with Gasteiger partial charge in [-0.05, 0) is 44.4 Å². The molecule has 0 bridgehead atoms. The van der Waals surface area contributed by atoms with Crippen LogP contribution in [0.15, 0.2) is 23.1 Å². The lowest BCUT2D eigenvalue weighted by Gasteiger charge is -2.30. The molecule has 29 heavy (non-hydrogen) atoms. The first-order chi connectivity index (χ1) is 13.8. The first-order valence-electron chi connectivity index (χ1n) is 10.2. The Labute approximate surface area is 172 Å². The van der Waals surface area contributed by atoms with E-state index in [4.69, 9.17) is 4.74 Å². The summed E-state index contributed by atoms with van der Waals surface area (Å²) in [5.41, 5.74) is 0.316.